The average Bonchev–Trinajstić information content (AvgIpc) is 3.17. The molecule has 2 aromatic carbocycles. The van der Waals surface area contributed by atoms with Gasteiger partial charge in [-0.15, -0.1) is 0 Å². The number of hydrogen-bond donors (Lipinski definition) is 1. The van der Waals surface area contributed by atoms with Gasteiger partial charge in [0.2, 0.25) is 0 Å². The molecule has 0 spiro atoms. The molecule has 0 aliphatic heterocycles. The zero-order chi connectivity index (χ0) is 17.6. The Morgan fingerprint density at radius 3 is 2.44 bits per heavy atom. The van der Waals surface area contributed by atoms with Crippen LogP contribution in [0.1, 0.15) is 15.9 Å². The lowest BCUT2D eigenvalue weighted by molar-refractivity contribution is 0.104. The van der Waals surface area contributed by atoms with E-state index in [4.69, 9.17) is 4.74 Å². The Kier molecular flexibility index (Phi) is 4.95. The molecule has 0 atom stereocenters. The minimum absolute atomic E-state index is 0.0790. The molecule has 5 nitrogen and oxygen atoms in total. The fourth-order valence-corrected chi connectivity index (χ4v) is 2.32. The van der Waals surface area contributed by atoms with Gasteiger partial charge in [-0.25, -0.2) is 4.98 Å². The molecule has 1 heterocycles. The Morgan fingerprint density at radius 1 is 1.12 bits per heavy atom. The third-order valence-electron chi connectivity index (χ3n) is 3.75. The molecule has 126 valence electrons. The Balaban J connectivity index is 1.89. The molecule has 0 saturated heterocycles. The van der Waals surface area contributed by atoms with E-state index in [0.29, 0.717) is 11.4 Å². The fraction of sp³-hybridized carbons (Fsp3) is 0.100. The van der Waals surface area contributed by atoms with E-state index in [2.05, 4.69) is 10.3 Å². The lowest BCUT2D eigenvalue weighted by Gasteiger charge is -2.12. The fourth-order valence-electron chi connectivity index (χ4n) is 2.32. The van der Waals surface area contributed by atoms with Gasteiger partial charge in [-0.1, -0.05) is 29.8 Å². The molecule has 0 radical (unpaired) electrons. The number of allylic oxidation sites excluding steroid dienone is 1. The Morgan fingerprint density at radius 2 is 1.84 bits per heavy atom. The van der Waals surface area contributed by atoms with Gasteiger partial charge in [-0.2, -0.15) is 0 Å². The van der Waals surface area contributed by atoms with E-state index in [9.17, 15) is 4.79 Å². The Bertz CT molecular complexity index is 864. The standard InChI is InChI=1S/C20H19N3O2/c1-15-3-5-16(6-4-15)19(24)13-20(23-12-11-21-14-23)22-17-7-9-18(25-2)10-8-17/h3-14,22H,1-2H3/b20-13+. The maximum Gasteiger partial charge on any atom is 0.189 e. The number of aryl methyl sites for hydroxylation is 1. The number of benzene rings is 2. The first-order valence-corrected chi connectivity index (χ1v) is 7.88. The molecule has 3 rings (SSSR count). The summed E-state index contributed by atoms with van der Waals surface area (Å²) in [4.78, 5) is 16.6. The molecule has 0 aliphatic rings. The smallest absolute Gasteiger partial charge is 0.189 e. The molecular formula is C20H19N3O2. The van der Waals surface area contributed by atoms with Crippen LogP contribution in [-0.2, 0) is 0 Å². The van der Waals surface area contributed by atoms with Gasteiger partial charge in [0.15, 0.2) is 5.78 Å². The number of nitrogens with one attached hydrogen (secondary N) is 1. The zero-order valence-electron chi connectivity index (χ0n) is 14.1. The van der Waals surface area contributed by atoms with Crippen LogP contribution in [0.5, 0.6) is 5.75 Å². The summed E-state index contributed by atoms with van der Waals surface area (Å²) in [5.41, 5.74) is 2.60. The SMILES string of the molecule is COc1ccc(N/C(=C\C(=O)c2ccc(C)cc2)n2ccnc2)cc1. The molecule has 0 bridgehead atoms. The van der Waals surface area contributed by atoms with E-state index >= 15 is 0 Å². The van der Waals surface area contributed by atoms with Gasteiger partial charge in [0, 0.05) is 29.7 Å². The average molecular weight is 333 g/mol. The molecule has 1 aromatic heterocycles. The lowest BCUT2D eigenvalue weighted by Crippen LogP contribution is -2.08. The minimum Gasteiger partial charge on any atom is -0.497 e. The summed E-state index contributed by atoms with van der Waals surface area (Å²) in [7, 11) is 1.62. The summed E-state index contributed by atoms with van der Waals surface area (Å²) < 4.78 is 6.93. The van der Waals surface area contributed by atoms with Crippen LogP contribution in [-0.4, -0.2) is 22.4 Å². The summed E-state index contributed by atoms with van der Waals surface area (Å²) in [5, 5.41) is 3.25. The number of rotatable bonds is 6. The van der Waals surface area contributed by atoms with Crippen LogP contribution < -0.4 is 10.1 Å². The predicted molar refractivity (Wildman–Crippen MR) is 98.6 cm³/mol. The molecule has 0 amide bonds. The first kappa shape index (κ1) is 16.5. The Hall–Kier alpha value is -3.34. The molecule has 1 N–H and O–H groups in total. The van der Waals surface area contributed by atoms with Crippen LogP contribution in [0.4, 0.5) is 5.69 Å². The van der Waals surface area contributed by atoms with Crippen molar-refractivity contribution in [2.75, 3.05) is 12.4 Å². The van der Waals surface area contributed by atoms with Crippen LogP contribution in [0, 0.1) is 6.92 Å². The monoisotopic (exact) mass is 333 g/mol. The topological polar surface area (TPSA) is 56.1 Å². The summed E-state index contributed by atoms with van der Waals surface area (Å²) in [5.74, 6) is 1.31. The van der Waals surface area contributed by atoms with Crippen molar-refractivity contribution >= 4 is 17.3 Å². The molecule has 25 heavy (non-hydrogen) atoms. The van der Waals surface area contributed by atoms with E-state index < -0.39 is 0 Å². The van der Waals surface area contributed by atoms with Crippen molar-refractivity contribution in [2.45, 2.75) is 6.92 Å². The molecular weight excluding hydrogens is 314 g/mol. The highest BCUT2D eigenvalue weighted by molar-refractivity contribution is 6.08. The summed E-state index contributed by atoms with van der Waals surface area (Å²) >= 11 is 0. The lowest BCUT2D eigenvalue weighted by atomic mass is 10.1. The van der Waals surface area contributed by atoms with Crippen molar-refractivity contribution in [2.24, 2.45) is 0 Å². The number of aromatic nitrogens is 2. The normalized spacial score (nSPS) is 11.2. The third kappa shape index (κ3) is 4.14. The Labute approximate surface area is 146 Å². The quantitative estimate of drug-likeness (QED) is 0.547. The summed E-state index contributed by atoms with van der Waals surface area (Å²) in [6.07, 6.45) is 6.66. The van der Waals surface area contributed by atoms with Gasteiger partial charge in [0.25, 0.3) is 0 Å². The molecule has 0 aliphatic carbocycles. The molecule has 0 fully saturated rings. The second-order valence-corrected chi connectivity index (χ2v) is 5.58. The minimum atomic E-state index is -0.0790. The first-order valence-electron chi connectivity index (χ1n) is 7.88. The highest BCUT2D eigenvalue weighted by atomic mass is 16.5. The van der Waals surface area contributed by atoms with Crippen molar-refractivity contribution in [3.05, 3.63) is 84.5 Å². The number of anilines is 1. The van der Waals surface area contributed by atoms with E-state index in [1.54, 1.807) is 36.5 Å². The van der Waals surface area contributed by atoms with Gasteiger partial charge in [-0.3, -0.25) is 9.36 Å². The van der Waals surface area contributed by atoms with E-state index in [1.165, 1.54) is 0 Å². The van der Waals surface area contributed by atoms with E-state index in [1.807, 2.05) is 55.5 Å². The van der Waals surface area contributed by atoms with E-state index in [-0.39, 0.29) is 5.78 Å². The number of hydrogen-bond acceptors (Lipinski definition) is 4. The summed E-state index contributed by atoms with van der Waals surface area (Å²) in [6.45, 7) is 1.99. The van der Waals surface area contributed by atoms with Crippen LogP contribution in [0.2, 0.25) is 0 Å². The van der Waals surface area contributed by atoms with Crippen LogP contribution >= 0.6 is 0 Å². The van der Waals surface area contributed by atoms with Gasteiger partial charge < -0.3 is 10.1 Å². The number of imidazole rings is 1. The van der Waals surface area contributed by atoms with Crippen molar-refractivity contribution in [1.82, 2.24) is 9.55 Å². The van der Waals surface area contributed by atoms with Crippen molar-refractivity contribution in [1.29, 1.82) is 0 Å². The number of ether oxygens (including phenoxy) is 1. The largest absolute Gasteiger partial charge is 0.497 e. The van der Waals surface area contributed by atoms with Gasteiger partial charge in [0.1, 0.15) is 17.9 Å². The molecule has 3 aromatic rings. The number of nitrogens with zero attached hydrogens (tertiary/aromatic N) is 2. The van der Waals surface area contributed by atoms with E-state index in [0.717, 1.165) is 17.0 Å². The predicted octanol–water partition coefficient (Wildman–Crippen LogP) is 3.99. The van der Waals surface area contributed by atoms with Crippen LogP contribution in [0.25, 0.3) is 5.82 Å². The van der Waals surface area contributed by atoms with Crippen molar-refractivity contribution in [3.63, 3.8) is 0 Å². The highest BCUT2D eigenvalue weighted by Gasteiger charge is 2.08. The summed E-state index contributed by atoms with van der Waals surface area (Å²) in [6, 6.07) is 15.0. The maximum atomic E-state index is 12.6. The van der Waals surface area contributed by atoms with Crippen molar-refractivity contribution in [3.8, 4) is 5.75 Å². The van der Waals surface area contributed by atoms with Gasteiger partial charge in [-0.05, 0) is 31.2 Å². The first-order chi connectivity index (χ1) is 12.2. The second kappa shape index (κ2) is 7.49. The number of carbonyl (C=O) groups excluding carboxylic acids is 1. The third-order valence-corrected chi connectivity index (χ3v) is 3.75. The highest BCUT2D eigenvalue weighted by Crippen LogP contribution is 2.18. The molecule has 5 heteroatoms. The van der Waals surface area contributed by atoms with Gasteiger partial charge in [0.05, 0.1) is 7.11 Å². The molecule has 0 unspecified atom stereocenters. The van der Waals surface area contributed by atoms with Gasteiger partial charge >= 0.3 is 0 Å². The number of ketones is 1. The maximum absolute atomic E-state index is 12.6. The molecule has 0 saturated carbocycles. The number of methoxy groups -OCH3 is 1. The van der Waals surface area contributed by atoms with Crippen molar-refractivity contribution < 1.29 is 9.53 Å². The van der Waals surface area contributed by atoms with Crippen LogP contribution in [0.3, 0.4) is 0 Å². The zero-order valence-corrected chi connectivity index (χ0v) is 14.1. The van der Waals surface area contributed by atoms with Crippen LogP contribution in [0.15, 0.2) is 73.3 Å². The second-order valence-electron chi connectivity index (χ2n) is 5.58. The number of carbonyl (C=O) groups is 1.